The van der Waals surface area contributed by atoms with Crippen LogP contribution in [0.3, 0.4) is 0 Å². The molecule has 0 saturated heterocycles. The molecular formula is C8H13N3O. The topological polar surface area (TPSA) is 64.9 Å². The molecule has 0 aliphatic heterocycles. The van der Waals surface area contributed by atoms with E-state index in [2.05, 4.69) is 17.4 Å². The third-order valence-corrected chi connectivity index (χ3v) is 1.24. The van der Waals surface area contributed by atoms with E-state index in [4.69, 9.17) is 5.26 Å². The standard InChI is InChI=1S/C8H13N3O/c1-2-8(12)11-10-7-5-3-4-6-9/h2,10H,1,3-5,7H2,(H,11,12). The number of hydrazine groups is 1. The molecule has 4 heteroatoms. The average Bonchev–Trinajstić information content (AvgIpc) is 2.10. The number of unbranched alkanes of at least 4 members (excludes halogenated alkanes) is 2. The van der Waals surface area contributed by atoms with Gasteiger partial charge in [-0.1, -0.05) is 6.58 Å². The molecule has 4 nitrogen and oxygen atoms in total. The summed E-state index contributed by atoms with van der Waals surface area (Å²) in [5, 5.41) is 8.20. The molecule has 0 fully saturated rings. The van der Waals surface area contributed by atoms with E-state index in [1.54, 1.807) is 0 Å². The highest BCUT2D eigenvalue weighted by Gasteiger charge is 1.90. The van der Waals surface area contributed by atoms with Crippen molar-refractivity contribution < 1.29 is 4.79 Å². The molecule has 0 aromatic rings. The van der Waals surface area contributed by atoms with Crippen LogP contribution in [0.15, 0.2) is 12.7 Å². The lowest BCUT2D eigenvalue weighted by atomic mass is 10.2. The van der Waals surface area contributed by atoms with E-state index in [0.717, 1.165) is 12.8 Å². The van der Waals surface area contributed by atoms with Crippen LogP contribution in [-0.2, 0) is 4.79 Å². The summed E-state index contributed by atoms with van der Waals surface area (Å²) in [6.45, 7) is 3.98. The van der Waals surface area contributed by atoms with Gasteiger partial charge in [0, 0.05) is 13.0 Å². The van der Waals surface area contributed by atoms with Crippen LogP contribution in [0.25, 0.3) is 0 Å². The Bertz CT molecular complexity index is 183. The summed E-state index contributed by atoms with van der Waals surface area (Å²) in [5.41, 5.74) is 5.13. The number of rotatable bonds is 6. The third kappa shape index (κ3) is 6.78. The first-order chi connectivity index (χ1) is 5.81. The molecule has 2 N–H and O–H groups in total. The van der Waals surface area contributed by atoms with Crippen LogP contribution in [-0.4, -0.2) is 12.5 Å². The van der Waals surface area contributed by atoms with Crippen molar-refractivity contribution >= 4 is 5.91 Å². The van der Waals surface area contributed by atoms with Crippen molar-refractivity contribution in [2.75, 3.05) is 6.54 Å². The van der Waals surface area contributed by atoms with Crippen LogP contribution in [0.5, 0.6) is 0 Å². The molecule has 0 atom stereocenters. The molecule has 0 heterocycles. The van der Waals surface area contributed by atoms with E-state index in [-0.39, 0.29) is 5.91 Å². The van der Waals surface area contributed by atoms with Crippen LogP contribution in [0.4, 0.5) is 0 Å². The lowest BCUT2D eigenvalue weighted by molar-refractivity contribution is -0.117. The van der Waals surface area contributed by atoms with Gasteiger partial charge in [-0.15, -0.1) is 0 Å². The van der Waals surface area contributed by atoms with Gasteiger partial charge >= 0.3 is 0 Å². The minimum atomic E-state index is -0.240. The number of hydrogen-bond acceptors (Lipinski definition) is 3. The summed E-state index contributed by atoms with van der Waals surface area (Å²) >= 11 is 0. The predicted molar refractivity (Wildman–Crippen MR) is 45.8 cm³/mol. The molecule has 1 amide bonds. The Kier molecular flexibility index (Phi) is 6.90. The first-order valence-electron chi connectivity index (χ1n) is 3.83. The van der Waals surface area contributed by atoms with Crippen molar-refractivity contribution in [2.45, 2.75) is 19.3 Å². The summed E-state index contributed by atoms with van der Waals surface area (Å²) < 4.78 is 0. The summed E-state index contributed by atoms with van der Waals surface area (Å²) in [5.74, 6) is -0.240. The summed E-state index contributed by atoms with van der Waals surface area (Å²) in [4.78, 5) is 10.6. The summed E-state index contributed by atoms with van der Waals surface area (Å²) in [6, 6.07) is 2.05. The quantitative estimate of drug-likeness (QED) is 0.343. The highest BCUT2D eigenvalue weighted by atomic mass is 16.2. The lowest BCUT2D eigenvalue weighted by Crippen LogP contribution is -2.36. The second-order valence-corrected chi connectivity index (χ2v) is 2.24. The van der Waals surface area contributed by atoms with Gasteiger partial charge in [0.2, 0.25) is 0 Å². The minimum Gasteiger partial charge on any atom is -0.288 e. The highest BCUT2D eigenvalue weighted by molar-refractivity contribution is 5.86. The average molecular weight is 167 g/mol. The molecule has 0 bridgehead atoms. The van der Waals surface area contributed by atoms with Crippen molar-refractivity contribution in [3.8, 4) is 6.07 Å². The number of carbonyl (C=O) groups excluding carboxylic acids is 1. The molecule has 0 saturated carbocycles. The first-order valence-corrected chi connectivity index (χ1v) is 3.83. The second kappa shape index (κ2) is 7.76. The zero-order valence-electron chi connectivity index (χ0n) is 6.97. The van der Waals surface area contributed by atoms with Gasteiger partial charge in [0.15, 0.2) is 0 Å². The van der Waals surface area contributed by atoms with Gasteiger partial charge in [0.25, 0.3) is 5.91 Å². The van der Waals surface area contributed by atoms with E-state index < -0.39 is 0 Å². The van der Waals surface area contributed by atoms with Crippen molar-refractivity contribution in [1.29, 1.82) is 5.26 Å². The molecule has 0 spiro atoms. The van der Waals surface area contributed by atoms with Crippen LogP contribution in [0.2, 0.25) is 0 Å². The fourth-order valence-corrected chi connectivity index (χ4v) is 0.618. The van der Waals surface area contributed by atoms with Gasteiger partial charge < -0.3 is 0 Å². The largest absolute Gasteiger partial charge is 0.288 e. The molecule has 0 aromatic carbocycles. The minimum absolute atomic E-state index is 0.240. The smallest absolute Gasteiger partial charge is 0.257 e. The molecule has 0 aliphatic carbocycles. The Balaban J connectivity index is 3.06. The highest BCUT2D eigenvalue weighted by Crippen LogP contribution is 1.90. The molecule has 66 valence electrons. The number of nitrogens with zero attached hydrogens (tertiary/aromatic N) is 1. The van der Waals surface area contributed by atoms with Gasteiger partial charge in [0.05, 0.1) is 6.07 Å². The van der Waals surface area contributed by atoms with Crippen LogP contribution < -0.4 is 10.9 Å². The first kappa shape index (κ1) is 10.7. The van der Waals surface area contributed by atoms with Crippen molar-refractivity contribution in [3.63, 3.8) is 0 Å². The van der Waals surface area contributed by atoms with Crippen LogP contribution in [0.1, 0.15) is 19.3 Å². The summed E-state index contributed by atoms with van der Waals surface area (Å²) in [7, 11) is 0. The van der Waals surface area contributed by atoms with Crippen molar-refractivity contribution in [2.24, 2.45) is 0 Å². The fourth-order valence-electron chi connectivity index (χ4n) is 0.618. The van der Waals surface area contributed by atoms with Gasteiger partial charge in [-0.05, 0) is 18.9 Å². The number of amides is 1. The molecule has 0 aromatic heterocycles. The zero-order valence-corrected chi connectivity index (χ0v) is 6.97. The Labute approximate surface area is 72.2 Å². The Morgan fingerprint density at radius 3 is 2.92 bits per heavy atom. The lowest BCUT2D eigenvalue weighted by Gasteiger charge is -2.02. The monoisotopic (exact) mass is 167 g/mol. The number of nitriles is 1. The molecule has 0 radical (unpaired) electrons. The van der Waals surface area contributed by atoms with Gasteiger partial charge in [-0.25, -0.2) is 5.43 Å². The van der Waals surface area contributed by atoms with Gasteiger partial charge in [-0.2, -0.15) is 5.26 Å². The Morgan fingerprint density at radius 1 is 1.58 bits per heavy atom. The predicted octanol–water partition coefficient (Wildman–Crippen LogP) is 0.487. The van der Waals surface area contributed by atoms with E-state index in [0.29, 0.717) is 13.0 Å². The molecule has 0 aliphatic rings. The Hall–Kier alpha value is -1.34. The van der Waals surface area contributed by atoms with E-state index in [9.17, 15) is 4.79 Å². The maximum Gasteiger partial charge on any atom is 0.257 e. The number of hydrogen-bond donors (Lipinski definition) is 2. The van der Waals surface area contributed by atoms with E-state index in [1.807, 2.05) is 6.07 Å². The van der Waals surface area contributed by atoms with Gasteiger partial charge in [0.1, 0.15) is 0 Å². The number of nitrogens with one attached hydrogen (secondary N) is 2. The maximum absolute atomic E-state index is 10.6. The van der Waals surface area contributed by atoms with Crippen LogP contribution >= 0.6 is 0 Å². The van der Waals surface area contributed by atoms with E-state index >= 15 is 0 Å². The molecule has 0 rings (SSSR count). The van der Waals surface area contributed by atoms with Crippen molar-refractivity contribution in [1.82, 2.24) is 10.9 Å². The van der Waals surface area contributed by atoms with Crippen LogP contribution in [0, 0.1) is 11.3 Å². The maximum atomic E-state index is 10.6. The Morgan fingerprint density at radius 2 is 2.33 bits per heavy atom. The molecular weight excluding hydrogens is 154 g/mol. The summed E-state index contributed by atoms with van der Waals surface area (Å²) in [6.07, 6.45) is 3.50. The zero-order chi connectivity index (χ0) is 9.23. The second-order valence-electron chi connectivity index (χ2n) is 2.24. The fraction of sp³-hybridized carbons (Fsp3) is 0.500. The molecule has 0 unspecified atom stereocenters. The number of carbonyl (C=O) groups is 1. The van der Waals surface area contributed by atoms with E-state index in [1.165, 1.54) is 6.08 Å². The van der Waals surface area contributed by atoms with Gasteiger partial charge in [-0.3, -0.25) is 10.2 Å². The normalized spacial score (nSPS) is 8.58. The molecule has 12 heavy (non-hydrogen) atoms. The third-order valence-electron chi connectivity index (χ3n) is 1.24. The van der Waals surface area contributed by atoms with Crippen molar-refractivity contribution in [3.05, 3.63) is 12.7 Å². The SMILES string of the molecule is C=CC(=O)NNCCCCC#N.